The molecule has 2 aromatic rings. The molecule has 1 atom stereocenters. The fourth-order valence-electron chi connectivity index (χ4n) is 4.16. The number of nitriles is 1. The van der Waals surface area contributed by atoms with E-state index in [4.69, 9.17) is 10.00 Å². The van der Waals surface area contributed by atoms with Crippen molar-refractivity contribution in [3.05, 3.63) is 69.2 Å². The van der Waals surface area contributed by atoms with E-state index in [-0.39, 0.29) is 24.0 Å². The Bertz CT molecular complexity index is 1060. The molecular formula is C27H34BrN3O2. The van der Waals surface area contributed by atoms with Crippen LogP contribution in [-0.2, 0) is 0 Å². The van der Waals surface area contributed by atoms with Crippen molar-refractivity contribution >= 4 is 27.5 Å². The van der Waals surface area contributed by atoms with Crippen LogP contribution >= 0.6 is 15.9 Å². The molecule has 0 saturated heterocycles. The average molecular weight is 512 g/mol. The zero-order chi connectivity index (χ0) is 24.9. The minimum atomic E-state index is -0.160. The number of carbonyl (C=O) groups excluding carboxylic acids is 1. The highest BCUT2D eigenvalue weighted by Crippen LogP contribution is 2.34. The molecule has 2 aromatic carbocycles. The number of nitrogens with one attached hydrogen (secondary N) is 1. The molecule has 0 fully saturated rings. The Balaban J connectivity index is 2.50. The molecule has 176 valence electrons. The molecule has 0 aliphatic heterocycles. The molecule has 0 heterocycles. The van der Waals surface area contributed by atoms with Crippen molar-refractivity contribution in [2.45, 2.75) is 60.9 Å². The van der Waals surface area contributed by atoms with Crippen molar-refractivity contribution in [2.24, 2.45) is 5.41 Å². The van der Waals surface area contributed by atoms with Crippen molar-refractivity contribution in [2.75, 3.05) is 6.61 Å². The number of hydrogen-bond acceptors (Lipinski definition) is 4. The Labute approximate surface area is 206 Å². The van der Waals surface area contributed by atoms with Crippen LogP contribution in [0.5, 0.6) is 5.75 Å². The molecular weight excluding hydrogens is 478 g/mol. The number of aryl methyl sites for hydroxylation is 2. The van der Waals surface area contributed by atoms with E-state index in [0.717, 1.165) is 33.1 Å². The lowest BCUT2D eigenvalue weighted by Crippen LogP contribution is -2.53. The molecule has 0 radical (unpaired) electrons. The maximum atomic E-state index is 13.8. The smallest absolute Gasteiger partial charge is 0.272 e. The zero-order valence-corrected chi connectivity index (χ0v) is 22.3. The molecule has 0 spiro atoms. The second-order valence-corrected chi connectivity index (χ2v) is 10.3. The number of halogens is 1. The van der Waals surface area contributed by atoms with Gasteiger partial charge in [-0.25, -0.2) is 5.01 Å². The first-order valence-electron chi connectivity index (χ1n) is 11.1. The summed E-state index contributed by atoms with van der Waals surface area (Å²) >= 11 is 3.49. The number of carbonyl (C=O) groups is 1. The van der Waals surface area contributed by atoms with Crippen molar-refractivity contribution in [3.63, 3.8) is 0 Å². The molecule has 0 saturated carbocycles. The van der Waals surface area contributed by atoms with Crippen LogP contribution in [-0.4, -0.2) is 23.6 Å². The van der Waals surface area contributed by atoms with Gasteiger partial charge in [-0.1, -0.05) is 57.5 Å². The Morgan fingerprint density at radius 2 is 1.82 bits per heavy atom. The second-order valence-electron chi connectivity index (χ2n) is 9.43. The van der Waals surface area contributed by atoms with Gasteiger partial charge in [-0.05, 0) is 66.7 Å². The number of hydrazine groups is 1. The van der Waals surface area contributed by atoms with E-state index in [1.54, 1.807) is 5.01 Å². The third-order valence-electron chi connectivity index (χ3n) is 5.60. The second kappa shape index (κ2) is 10.9. The summed E-state index contributed by atoms with van der Waals surface area (Å²) in [4.78, 5) is 13.8. The van der Waals surface area contributed by atoms with Gasteiger partial charge in [0.2, 0.25) is 0 Å². The lowest BCUT2D eigenvalue weighted by atomic mass is 9.84. The maximum absolute atomic E-state index is 13.8. The van der Waals surface area contributed by atoms with Gasteiger partial charge in [-0.15, -0.1) is 0 Å². The summed E-state index contributed by atoms with van der Waals surface area (Å²) in [5.41, 5.74) is 8.13. The van der Waals surface area contributed by atoms with E-state index in [1.807, 2.05) is 51.1 Å². The van der Waals surface area contributed by atoms with Gasteiger partial charge in [0.15, 0.2) is 6.61 Å². The van der Waals surface area contributed by atoms with Crippen molar-refractivity contribution in [3.8, 4) is 11.8 Å². The van der Waals surface area contributed by atoms with Gasteiger partial charge in [0, 0.05) is 16.7 Å². The fourth-order valence-corrected chi connectivity index (χ4v) is 4.71. The zero-order valence-electron chi connectivity index (χ0n) is 20.7. The molecule has 33 heavy (non-hydrogen) atoms. The predicted molar refractivity (Wildman–Crippen MR) is 138 cm³/mol. The summed E-state index contributed by atoms with van der Waals surface area (Å²) in [6.45, 7) is 18.6. The largest absolute Gasteiger partial charge is 0.477 e. The predicted octanol–water partition coefficient (Wildman–Crippen LogP) is 6.72. The molecule has 1 amide bonds. The highest BCUT2D eigenvalue weighted by atomic mass is 79.9. The van der Waals surface area contributed by atoms with Crippen LogP contribution in [0.2, 0.25) is 0 Å². The average Bonchev–Trinajstić information content (AvgIpc) is 2.71. The summed E-state index contributed by atoms with van der Waals surface area (Å²) in [6, 6.07) is 11.6. The van der Waals surface area contributed by atoms with E-state index in [9.17, 15) is 4.79 Å². The van der Waals surface area contributed by atoms with Crippen LogP contribution in [0.4, 0.5) is 0 Å². The standard InChI is InChI=1S/C27H34BrN3O2/c1-9-24(27(6,7)8)31(26(32)21-15-17(2)14-18(3)16-21)30-20(5)22-10-11-23(28)25(19(22)4)33-13-12-29/h10-11,14-16,24,30H,5,9,13H2,1-4,6-8H3/t24-/m1/s1. The van der Waals surface area contributed by atoms with Gasteiger partial charge in [0.25, 0.3) is 5.91 Å². The van der Waals surface area contributed by atoms with Crippen LogP contribution in [0.1, 0.15) is 66.7 Å². The number of ether oxygens (including phenoxy) is 1. The monoisotopic (exact) mass is 511 g/mol. The Hall–Kier alpha value is -2.78. The molecule has 5 nitrogen and oxygen atoms in total. The van der Waals surface area contributed by atoms with E-state index in [1.165, 1.54) is 0 Å². The summed E-state index contributed by atoms with van der Waals surface area (Å²) in [7, 11) is 0. The van der Waals surface area contributed by atoms with E-state index >= 15 is 0 Å². The van der Waals surface area contributed by atoms with Gasteiger partial charge in [0.05, 0.1) is 16.2 Å². The van der Waals surface area contributed by atoms with E-state index in [0.29, 0.717) is 17.0 Å². The van der Waals surface area contributed by atoms with Crippen LogP contribution < -0.4 is 10.2 Å². The summed E-state index contributed by atoms with van der Waals surface area (Å²) in [6.07, 6.45) is 0.774. The number of benzene rings is 2. The van der Waals surface area contributed by atoms with Crippen molar-refractivity contribution in [1.82, 2.24) is 10.4 Å². The molecule has 0 aromatic heterocycles. The number of hydrogen-bond donors (Lipinski definition) is 1. The number of amides is 1. The molecule has 1 N–H and O–H groups in total. The first kappa shape index (κ1) is 26.5. The van der Waals surface area contributed by atoms with Gasteiger partial charge < -0.3 is 4.74 Å². The Morgan fingerprint density at radius 1 is 1.21 bits per heavy atom. The molecule has 0 aliphatic carbocycles. The highest BCUT2D eigenvalue weighted by molar-refractivity contribution is 9.10. The highest BCUT2D eigenvalue weighted by Gasteiger charge is 2.33. The quantitative estimate of drug-likeness (QED) is 0.399. The summed E-state index contributed by atoms with van der Waals surface area (Å²) in [5, 5.41) is 10.6. The van der Waals surface area contributed by atoms with Gasteiger partial charge >= 0.3 is 0 Å². The summed E-state index contributed by atoms with van der Waals surface area (Å²) < 4.78 is 6.38. The van der Waals surface area contributed by atoms with Crippen molar-refractivity contribution in [1.29, 1.82) is 5.26 Å². The van der Waals surface area contributed by atoms with Crippen LogP contribution in [0.3, 0.4) is 0 Å². The van der Waals surface area contributed by atoms with Crippen LogP contribution in [0.15, 0.2) is 41.4 Å². The van der Waals surface area contributed by atoms with E-state index < -0.39 is 0 Å². The molecule has 0 unspecified atom stereocenters. The third-order valence-corrected chi connectivity index (χ3v) is 6.23. The van der Waals surface area contributed by atoms with Crippen molar-refractivity contribution < 1.29 is 9.53 Å². The van der Waals surface area contributed by atoms with Gasteiger partial charge in [-0.3, -0.25) is 10.2 Å². The molecule has 6 heteroatoms. The third kappa shape index (κ3) is 6.39. The van der Waals surface area contributed by atoms with Gasteiger partial charge in [-0.2, -0.15) is 5.26 Å². The maximum Gasteiger partial charge on any atom is 0.272 e. The summed E-state index contributed by atoms with van der Waals surface area (Å²) in [5.74, 6) is 0.493. The Kier molecular flexibility index (Phi) is 8.74. The topological polar surface area (TPSA) is 65.4 Å². The lowest BCUT2D eigenvalue weighted by molar-refractivity contribution is 0.0397. The first-order chi connectivity index (χ1) is 15.4. The van der Waals surface area contributed by atoms with Crippen LogP contribution in [0, 0.1) is 37.5 Å². The first-order valence-corrected chi connectivity index (χ1v) is 11.9. The minimum Gasteiger partial charge on any atom is -0.477 e. The van der Waals surface area contributed by atoms with Crippen LogP contribution in [0.25, 0.3) is 5.70 Å². The molecule has 0 bridgehead atoms. The SMILES string of the molecule is C=C(NN(C(=O)c1cc(C)cc(C)c1)[C@H](CC)C(C)(C)C)c1ccc(Br)c(OCC#N)c1C. The fraction of sp³-hybridized carbons (Fsp3) is 0.407. The van der Waals surface area contributed by atoms with E-state index in [2.05, 4.69) is 61.7 Å². The molecule has 0 aliphatic rings. The minimum absolute atomic E-state index is 0.0535. The lowest BCUT2D eigenvalue weighted by Gasteiger charge is -2.40. The number of nitrogens with zero attached hydrogens (tertiary/aromatic N) is 2. The number of rotatable bonds is 8. The molecule has 2 rings (SSSR count). The van der Waals surface area contributed by atoms with Gasteiger partial charge in [0.1, 0.15) is 11.8 Å². The normalized spacial score (nSPS) is 12.0. The Morgan fingerprint density at radius 3 is 2.33 bits per heavy atom.